The SMILES string of the molecule is CCCCNC(=O)C(Cc1ccccc1)N(Cc1ccc(Cl)cc1)C(=O)Cc1ccc(OC)cc1. The van der Waals surface area contributed by atoms with Crippen LogP contribution in [0, 0.1) is 0 Å². The molecule has 3 aromatic rings. The summed E-state index contributed by atoms with van der Waals surface area (Å²) in [5.74, 6) is 0.479. The van der Waals surface area contributed by atoms with Gasteiger partial charge in [-0.3, -0.25) is 9.59 Å². The molecule has 0 spiro atoms. The Kier molecular flexibility index (Phi) is 10.2. The molecule has 0 aliphatic heterocycles. The summed E-state index contributed by atoms with van der Waals surface area (Å²) in [4.78, 5) is 28.8. The molecule has 0 heterocycles. The quantitative estimate of drug-likeness (QED) is 0.342. The van der Waals surface area contributed by atoms with Gasteiger partial charge >= 0.3 is 0 Å². The van der Waals surface area contributed by atoms with Crippen molar-refractivity contribution < 1.29 is 14.3 Å². The Morgan fingerprint density at radius 2 is 1.57 bits per heavy atom. The Balaban J connectivity index is 1.91. The molecule has 0 saturated heterocycles. The van der Waals surface area contributed by atoms with E-state index in [0.29, 0.717) is 24.5 Å². The predicted octanol–water partition coefficient (Wildman–Crippen LogP) is 5.45. The monoisotopic (exact) mass is 492 g/mol. The minimum absolute atomic E-state index is 0.114. The lowest BCUT2D eigenvalue weighted by Crippen LogP contribution is -2.51. The maximum absolute atomic E-state index is 13.7. The van der Waals surface area contributed by atoms with Gasteiger partial charge in [-0.05, 0) is 47.4 Å². The van der Waals surface area contributed by atoms with Crippen LogP contribution in [0.2, 0.25) is 5.02 Å². The van der Waals surface area contributed by atoms with Crippen molar-refractivity contribution in [2.75, 3.05) is 13.7 Å². The number of hydrogen-bond donors (Lipinski definition) is 1. The van der Waals surface area contributed by atoms with Gasteiger partial charge in [-0.2, -0.15) is 0 Å². The lowest BCUT2D eigenvalue weighted by molar-refractivity contribution is -0.140. The Labute approximate surface area is 213 Å². The van der Waals surface area contributed by atoms with Crippen LogP contribution in [0.5, 0.6) is 5.75 Å². The second-order valence-corrected chi connectivity index (χ2v) is 8.96. The molecule has 0 radical (unpaired) electrons. The summed E-state index contributed by atoms with van der Waals surface area (Å²) in [6.45, 7) is 2.98. The number of halogens is 1. The highest BCUT2D eigenvalue weighted by atomic mass is 35.5. The standard InChI is InChI=1S/C29H33ClN2O3/c1-3-4-18-31-29(34)27(19-22-8-6-5-7-9-22)32(21-24-10-14-25(30)15-11-24)28(33)20-23-12-16-26(35-2)17-13-23/h5-17,27H,3-4,18-21H2,1-2H3,(H,31,34). The molecule has 0 aliphatic carbocycles. The third-order valence-electron chi connectivity index (χ3n) is 5.88. The van der Waals surface area contributed by atoms with Crippen LogP contribution in [0.15, 0.2) is 78.9 Å². The van der Waals surface area contributed by atoms with Crippen LogP contribution in [0.4, 0.5) is 0 Å². The van der Waals surface area contributed by atoms with Crippen molar-refractivity contribution in [1.29, 1.82) is 0 Å². The van der Waals surface area contributed by atoms with E-state index in [2.05, 4.69) is 12.2 Å². The summed E-state index contributed by atoms with van der Waals surface area (Å²) < 4.78 is 5.23. The fraction of sp³-hybridized carbons (Fsp3) is 0.310. The number of unbranched alkanes of at least 4 members (excludes halogenated alkanes) is 1. The molecule has 35 heavy (non-hydrogen) atoms. The molecular weight excluding hydrogens is 460 g/mol. The highest BCUT2D eigenvalue weighted by Gasteiger charge is 2.30. The van der Waals surface area contributed by atoms with Crippen molar-refractivity contribution in [3.63, 3.8) is 0 Å². The van der Waals surface area contributed by atoms with Crippen molar-refractivity contribution in [3.05, 3.63) is 101 Å². The Morgan fingerprint density at radius 1 is 0.914 bits per heavy atom. The number of ether oxygens (including phenoxy) is 1. The fourth-order valence-electron chi connectivity index (χ4n) is 3.87. The normalized spacial score (nSPS) is 11.5. The molecule has 0 aliphatic rings. The van der Waals surface area contributed by atoms with E-state index in [0.717, 1.165) is 35.3 Å². The number of rotatable bonds is 12. The van der Waals surface area contributed by atoms with E-state index in [9.17, 15) is 9.59 Å². The van der Waals surface area contributed by atoms with Gasteiger partial charge in [0.15, 0.2) is 0 Å². The number of nitrogens with zero attached hydrogens (tertiary/aromatic N) is 1. The van der Waals surface area contributed by atoms with Gasteiger partial charge in [-0.1, -0.05) is 79.5 Å². The van der Waals surface area contributed by atoms with Gasteiger partial charge in [0.25, 0.3) is 0 Å². The van der Waals surface area contributed by atoms with Gasteiger partial charge in [0.05, 0.1) is 13.5 Å². The van der Waals surface area contributed by atoms with E-state index in [1.54, 1.807) is 24.1 Å². The molecule has 0 aromatic heterocycles. The van der Waals surface area contributed by atoms with Crippen molar-refractivity contribution in [2.24, 2.45) is 0 Å². The Bertz CT molecular complexity index is 1070. The zero-order chi connectivity index (χ0) is 25.0. The molecule has 3 aromatic carbocycles. The number of hydrogen-bond acceptors (Lipinski definition) is 3. The average molecular weight is 493 g/mol. The molecule has 0 fully saturated rings. The minimum Gasteiger partial charge on any atom is -0.497 e. The van der Waals surface area contributed by atoms with E-state index >= 15 is 0 Å². The Hall–Kier alpha value is -3.31. The first-order valence-corrected chi connectivity index (χ1v) is 12.4. The second-order valence-electron chi connectivity index (χ2n) is 8.52. The van der Waals surface area contributed by atoms with Crippen molar-refractivity contribution in [3.8, 4) is 5.75 Å². The first-order valence-electron chi connectivity index (χ1n) is 12.0. The third kappa shape index (κ3) is 8.15. The van der Waals surface area contributed by atoms with E-state index in [1.165, 1.54) is 0 Å². The largest absolute Gasteiger partial charge is 0.497 e. The molecule has 6 heteroatoms. The predicted molar refractivity (Wildman–Crippen MR) is 141 cm³/mol. The smallest absolute Gasteiger partial charge is 0.243 e. The highest BCUT2D eigenvalue weighted by Crippen LogP contribution is 2.19. The average Bonchev–Trinajstić information content (AvgIpc) is 2.88. The van der Waals surface area contributed by atoms with Gasteiger partial charge in [-0.15, -0.1) is 0 Å². The summed E-state index contributed by atoms with van der Waals surface area (Å²) in [6, 6.07) is 24.0. The van der Waals surface area contributed by atoms with Crippen LogP contribution in [0.1, 0.15) is 36.5 Å². The van der Waals surface area contributed by atoms with Gasteiger partial charge < -0.3 is 15.0 Å². The van der Waals surface area contributed by atoms with Crippen LogP contribution in [0.25, 0.3) is 0 Å². The molecule has 2 amide bonds. The van der Waals surface area contributed by atoms with E-state index in [1.807, 2.05) is 66.7 Å². The first-order chi connectivity index (χ1) is 17.0. The number of methoxy groups -OCH3 is 1. The van der Waals surface area contributed by atoms with Gasteiger partial charge in [-0.25, -0.2) is 0 Å². The van der Waals surface area contributed by atoms with Gasteiger partial charge in [0, 0.05) is 24.5 Å². The molecule has 5 nitrogen and oxygen atoms in total. The lowest BCUT2D eigenvalue weighted by atomic mass is 10.0. The summed E-state index contributed by atoms with van der Waals surface area (Å²) in [7, 11) is 1.61. The second kappa shape index (κ2) is 13.5. The van der Waals surface area contributed by atoms with Crippen LogP contribution in [-0.2, 0) is 29.0 Å². The maximum Gasteiger partial charge on any atom is 0.243 e. The highest BCUT2D eigenvalue weighted by molar-refractivity contribution is 6.30. The number of nitrogens with one attached hydrogen (secondary N) is 1. The van der Waals surface area contributed by atoms with Crippen molar-refractivity contribution in [1.82, 2.24) is 10.2 Å². The fourth-order valence-corrected chi connectivity index (χ4v) is 3.99. The lowest BCUT2D eigenvalue weighted by Gasteiger charge is -2.32. The molecule has 0 saturated carbocycles. The van der Waals surface area contributed by atoms with E-state index in [-0.39, 0.29) is 18.2 Å². The van der Waals surface area contributed by atoms with Crippen LogP contribution in [-0.4, -0.2) is 36.4 Å². The number of carbonyl (C=O) groups is 2. The third-order valence-corrected chi connectivity index (χ3v) is 6.13. The molecular formula is C29H33ClN2O3. The molecule has 1 atom stereocenters. The molecule has 1 unspecified atom stereocenters. The van der Waals surface area contributed by atoms with E-state index < -0.39 is 6.04 Å². The van der Waals surface area contributed by atoms with Crippen LogP contribution < -0.4 is 10.1 Å². The first kappa shape index (κ1) is 26.3. The topological polar surface area (TPSA) is 58.6 Å². The van der Waals surface area contributed by atoms with Gasteiger partial charge in [0.2, 0.25) is 11.8 Å². The van der Waals surface area contributed by atoms with Gasteiger partial charge in [0.1, 0.15) is 11.8 Å². The maximum atomic E-state index is 13.7. The van der Waals surface area contributed by atoms with E-state index in [4.69, 9.17) is 16.3 Å². The minimum atomic E-state index is -0.643. The zero-order valence-corrected chi connectivity index (χ0v) is 21.1. The number of benzene rings is 3. The van der Waals surface area contributed by atoms with Crippen LogP contribution in [0.3, 0.4) is 0 Å². The summed E-state index contributed by atoms with van der Waals surface area (Å²) in [6.07, 6.45) is 2.49. The summed E-state index contributed by atoms with van der Waals surface area (Å²) >= 11 is 6.08. The van der Waals surface area contributed by atoms with Crippen LogP contribution >= 0.6 is 11.6 Å². The Morgan fingerprint density at radius 3 is 2.20 bits per heavy atom. The number of amides is 2. The zero-order valence-electron chi connectivity index (χ0n) is 20.4. The summed E-state index contributed by atoms with van der Waals surface area (Å²) in [5.41, 5.74) is 2.78. The molecule has 184 valence electrons. The molecule has 0 bridgehead atoms. The summed E-state index contributed by atoms with van der Waals surface area (Å²) in [5, 5.41) is 3.67. The number of carbonyl (C=O) groups excluding carboxylic acids is 2. The van der Waals surface area contributed by atoms with Crippen molar-refractivity contribution >= 4 is 23.4 Å². The van der Waals surface area contributed by atoms with Crippen molar-refractivity contribution in [2.45, 2.75) is 45.2 Å². The molecule has 3 rings (SSSR count). The molecule has 1 N–H and O–H groups in total.